The van der Waals surface area contributed by atoms with Gasteiger partial charge in [-0.25, -0.2) is 4.68 Å². The summed E-state index contributed by atoms with van der Waals surface area (Å²) in [5.41, 5.74) is 3.55. The Morgan fingerprint density at radius 3 is 2.82 bits per heavy atom. The first-order valence-corrected chi connectivity index (χ1v) is 6.12. The van der Waals surface area contributed by atoms with Crippen molar-refractivity contribution < 1.29 is 0 Å². The van der Waals surface area contributed by atoms with Crippen molar-refractivity contribution in [3.05, 3.63) is 35.9 Å². The summed E-state index contributed by atoms with van der Waals surface area (Å²) in [5.74, 6) is 1.83. The number of fused-ring (bicyclic) bond motifs is 1. The van der Waals surface area contributed by atoms with E-state index in [1.165, 1.54) is 16.9 Å². The SMILES string of the molecule is Cc1c(-c2ccccc2)nn2c1NCC(C)C2. The van der Waals surface area contributed by atoms with E-state index in [9.17, 15) is 0 Å². The number of anilines is 1. The molecular weight excluding hydrogens is 210 g/mol. The molecule has 3 nitrogen and oxygen atoms in total. The average Bonchev–Trinajstić information content (AvgIpc) is 2.67. The largest absolute Gasteiger partial charge is 0.370 e. The van der Waals surface area contributed by atoms with E-state index in [4.69, 9.17) is 5.10 Å². The fourth-order valence-electron chi connectivity index (χ4n) is 2.41. The lowest BCUT2D eigenvalue weighted by molar-refractivity contribution is 0.445. The third kappa shape index (κ3) is 1.71. The summed E-state index contributed by atoms with van der Waals surface area (Å²) in [5, 5.41) is 8.20. The van der Waals surface area contributed by atoms with Gasteiger partial charge in [-0.1, -0.05) is 37.3 Å². The summed E-state index contributed by atoms with van der Waals surface area (Å²) in [6.45, 7) is 6.44. The molecule has 0 fully saturated rings. The van der Waals surface area contributed by atoms with E-state index < -0.39 is 0 Å². The molecule has 0 radical (unpaired) electrons. The summed E-state index contributed by atoms with van der Waals surface area (Å²) in [7, 11) is 0. The van der Waals surface area contributed by atoms with Crippen LogP contribution in [0.15, 0.2) is 30.3 Å². The smallest absolute Gasteiger partial charge is 0.127 e. The summed E-state index contributed by atoms with van der Waals surface area (Å²) < 4.78 is 2.10. The average molecular weight is 227 g/mol. The summed E-state index contributed by atoms with van der Waals surface area (Å²) >= 11 is 0. The van der Waals surface area contributed by atoms with E-state index in [1.807, 2.05) is 6.07 Å². The molecule has 1 atom stereocenters. The molecule has 88 valence electrons. The number of aromatic nitrogens is 2. The van der Waals surface area contributed by atoms with E-state index in [0.717, 1.165) is 18.8 Å². The molecule has 1 aliphatic rings. The minimum atomic E-state index is 0.644. The molecule has 17 heavy (non-hydrogen) atoms. The van der Waals surface area contributed by atoms with Crippen molar-refractivity contribution >= 4 is 5.82 Å². The topological polar surface area (TPSA) is 29.9 Å². The highest BCUT2D eigenvalue weighted by Gasteiger charge is 2.20. The molecule has 0 aliphatic carbocycles. The molecule has 2 aromatic rings. The van der Waals surface area contributed by atoms with Crippen molar-refractivity contribution in [2.75, 3.05) is 11.9 Å². The maximum absolute atomic E-state index is 4.73. The third-order valence-corrected chi connectivity index (χ3v) is 3.34. The second-order valence-electron chi connectivity index (χ2n) is 4.86. The Morgan fingerprint density at radius 1 is 1.29 bits per heavy atom. The summed E-state index contributed by atoms with van der Waals surface area (Å²) in [6, 6.07) is 10.4. The van der Waals surface area contributed by atoms with Gasteiger partial charge in [0.15, 0.2) is 0 Å². The molecule has 1 aromatic carbocycles. The van der Waals surface area contributed by atoms with Gasteiger partial charge in [0.2, 0.25) is 0 Å². The molecule has 0 saturated heterocycles. The Morgan fingerprint density at radius 2 is 2.06 bits per heavy atom. The van der Waals surface area contributed by atoms with Crippen LogP contribution in [0, 0.1) is 12.8 Å². The minimum absolute atomic E-state index is 0.644. The zero-order chi connectivity index (χ0) is 11.8. The van der Waals surface area contributed by atoms with Crippen molar-refractivity contribution in [1.29, 1.82) is 0 Å². The van der Waals surface area contributed by atoms with Gasteiger partial charge in [-0.05, 0) is 12.8 Å². The van der Waals surface area contributed by atoms with Gasteiger partial charge in [0.25, 0.3) is 0 Å². The van der Waals surface area contributed by atoms with Crippen LogP contribution in [0.4, 0.5) is 5.82 Å². The lowest BCUT2D eigenvalue weighted by Crippen LogP contribution is -2.25. The monoisotopic (exact) mass is 227 g/mol. The molecule has 2 heterocycles. The Balaban J connectivity index is 2.08. The Kier molecular flexibility index (Phi) is 2.39. The number of hydrogen-bond acceptors (Lipinski definition) is 2. The van der Waals surface area contributed by atoms with Crippen molar-refractivity contribution in [2.24, 2.45) is 5.92 Å². The number of benzene rings is 1. The molecular formula is C14H17N3. The van der Waals surface area contributed by atoms with Crippen molar-refractivity contribution in [2.45, 2.75) is 20.4 Å². The normalized spacial score (nSPS) is 18.6. The molecule has 1 aromatic heterocycles. The van der Waals surface area contributed by atoms with Crippen molar-refractivity contribution in [3.8, 4) is 11.3 Å². The molecule has 1 N–H and O–H groups in total. The molecule has 0 amide bonds. The van der Waals surface area contributed by atoms with Crippen LogP contribution in [0.3, 0.4) is 0 Å². The van der Waals surface area contributed by atoms with Crippen LogP contribution in [0.2, 0.25) is 0 Å². The molecule has 1 aliphatic heterocycles. The van der Waals surface area contributed by atoms with Crippen molar-refractivity contribution in [1.82, 2.24) is 9.78 Å². The lowest BCUT2D eigenvalue weighted by Gasteiger charge is -2.21. The van der Waals surface area contributed by atoms with E-state index in [1.54, 1.807) is 0 Å². The van der Waals surface area contributed by atoms with E-state index >= 15 is 0 Å². The fraction of sp³-hybridized carbons (Fsp3) is 0.357. The number of nitrogens with zero attached hydrogens (tertiary/aromatic N) is 2. The van der Waals surface area contributed by atoms with Gasteiger partial charge in [-0.15, -0.1) is 0 Å². The molecule has 3 heteroatoms. The van der Waals surface area contributed by atoms with Gasteiger partial charge < -0.3 is 5.32 Å². The van der Waals surface area contributed by atoms with Crippen LogP contribution in [0.25, 0.3) is 11.3 Å². The molecule has 0 bridgehead atoms. The first-order valence-electron chi connectivity index (χ1n) is 6.12. The summed E-state index contributed by atoms with van der Waals surface area (Å²) in [4.78, 5) is 0. The maximum Gasteiger partial charge on any atom is 0.127 e. The molecule has 0 saturated carbocycles. The van der Waals surface area contributed by atoms with Gasteiger partial charge in [0, 0.05) is 24.2 Å². The van der Waals surface area contributed by atoms with Crippen LogP contribution in [0.1, 0.15) is 12.5 Å². The zero-order valence-electron chi connectivity index (χ0n) is 10.3. The zero-order valence-corrected chi connectivity index (χ0v) is 10.3. The highest BCUT2D eigenvalue weighted by molar-refractivity contribution is 5.69. The van der Waals surface area contributed by atoms with Crippen molar-refractivity contribution in [3.63, 3.8) is 0 Å². The van der Waals surface area contributed by atoms with Crippen LogP contribution in [0.5, 0.6) is 0 Å². The number of hydrogen-bond donors (Lipinski definition) is 1. The quantitative estimate of drug-likeness (QED) is 0.811. The van der Waals surface area contributed by atoms with Gasteiger partial charge in [0.05, 0.1) is 5.69 Å². The summed E-state index contributed by atoms with van der Waals surface area (Å²) in [6.07, 6.45) is 0. The van der Waals surface area contributed by atoms with Gasteiger partial charge in [-0.3, -0.25) is 0 Å². The Bertz CT molecular complexity index is 528. The highest BCUT2D eigenvalue weighted by Crippen LogP contribution is 2.30. The van der Waals surface area contributed by atoms with E-state index in [-0.39, 0.29) is 0 Å². The van der Waals surface area contributed by atoms with Crippen LogP contribution < -0.4 is 5.32 Å². The second-order valence-corrected chi connectivity index (χ2v) is 4.86. The standard InChI is InChI=1S/C14H17N3/c1-10-8-15-14-11(2)13(16-17(14)9-10)12-6-4-3-5-7-12/h3-7,10,15H,8-9H2,1-2H3. The fourth-order valence-corrected chi connectivity index (χ4v) is 2.41. The lowest BCUT2D eigenvalue weighted by atomic mass is 10.1. The predicted octanol–water partition coefficient (Wildman–Crippen LogP) is 2.92. The third-order valence-electron chi connectivity index (χ3n) is 3.34. The molecule has 1 unspecified atom stereocenters. The highest BCUT2D eigenvalue weighted by atomic mass is 15.3. The van der Waals surface area contributed by atoms with Gasteiger partial charge in [-0.2, -0.15) is 5.10 Å². The molecule has 3 rings (SSSR count). The number of nitrogens with one attached hydrogen (secondary N) is 1. The van der Waals surface area contributed by atoms with Crippen LogP contribution in [-0.4, -0.2) is 16.3 Å². The second kappa shape index (κ2) is 3.91. The van der Waals surface area contributed by atoms with Crippen LogP contribution in [-0.2, 0) is 6.54 Å². The van der Waals surface area contributed by atoms with Gasteiger partial charge >= 0.3 is 0 Å². The minimum Gasteiger partial charge on any atom is -0.370 e. The number of rotatable bonds is 1. The first kappa shape index (κ1) is 10.4. The maximum atomic E-state index is 4.73. The Labute approximate surface area is 101 Å². The molecule has 0 spiro atoms. The van der Waals surface area contributed by atoms with E-state index in [0.29, 0.717) is 5.92 Å². The predicted molar refractivity (Wildman–Crippen MR) is 70.1 cm³/mol. The Hall–Kier alpha value is -1.77. The first-order chi connectivity index (χ1) is 8.25. The van der Waals surface area contributed by atoms with E-state index in [2.05, 4.69) is 48.1 Å². The van der Waals surface area contributed by atoms with Gasteiger partial charge in [0.1, 0.15) is 5.82 Å². The van der Waals surface area contributed by atoms with Crippen LogP contribution >= 0.6 is 0 Å².